The second kappa shape index (κ2) is 7.21. The predicted molar refractivity (Wildman–Crippen MR) is 120 cm³/mol. The normalized spacial score (nSPS) is 35.3. The second-order valence-electron chi connectivity index (χ2n) is 10.2. The number of allylic oxidation sites excluding steroid dienone is 4. The van der Waals surface area contributed by atoms with Crippen molar-refractivity contribution in [3.63, 3.8) is 0 Å². The third kappa shape index (κ3) is 2.92. The van der Waals surface area contributed by atoms with Crippen LogP contribution in [0.4, 0.5) is 5.69 Å². The Morgan fingerprint density at radius 3 is 2.53 bits per heavy atom. The lowest BCUT2D eigenvalue weighted by Crippen LogP contribution is -2.44. The quantitative estimate of drug-likeness (QED) is 0.690. The molecule has 1 N–H and O–H groups in total. The molecule has 1 aromatic carbocycles. The Kier molecular flexibility index (Phi) is 4.76. The molecule has 2 saturated carbocycles. The van der Waals surface area contributed by atoms with Gasteiger partial charge in [-0.3, -0.25) is 9.59 Å². The van der Waals surface area contributed by atoms with E-state index in [9.17, 15) is 9.59 Å². The molecular weight excluding hydrogens is 370 g/mol. The van der Waals surface area contributed by atoms with Crippen LogP contribution in [0.1, 0.15) is 70.3 Å². The van der Waals surface area contributed by atoms with Gasteiger partial charge in [0.15, 0.2) is 5.78 Å². The van der Waals surface area contributed by atoms with Crippen LogP contribution in [0.2, 0.25) is 0 Å². The summed E-state index contributed by atoms with van der Waals surface area (Å²) in [7, 11) is 1.95. The fourth-order valence-corrected chi connectivity index (χ4v) is 7.51. The smallest absolute Gasteiger partial charge is 0.156 e. The Balaban J connectivity index is 1.66. The highest BCUT2D eigenvalue weighted by atomic mass is 16.1. The van der Waals surface area contributed by atoms with Crippen LogP contribution in [0.25, 0.3) is 0 Å². The van der Waals surface area contributed by atoms with E-state index >= 15 is 0 Å². The van der Waals surface area contributed by atoms with Gasteiger partial charge in [-0.2, -0.15) is 0 Å². The number of ketones is 2. The van der Waals surface area contributed by atoms with Gasteiger partial charge in [0.1, 0.15) is 5.78 Å². The van der Waals surface area contributed by atoms with E-state index in [1.54, 1.807) is 12.5 Å². The molecule has 158 valence electrons. The first kappa shape index (κ1) is 19.8. The van der Waals surface area contributed by atoms with Gasteiger partial charge in [0.05, 0.1) is 0 Å². The van der Waals surface area contributed by atoms with Crippen molar-refractivity contribution in [3.8, 4) is 0 Å². The van der Waals surface area contributed by atoms with Crippen LogP contribution in [-0.2, 0) is 9.59 Å². The molecule has 3 nitrogen and oxygen atoms in total. The highest BCUT2D eigenvalue weighted by Crippen LogP contribution is 2.65. The van der Waals surface area contributed by atoms with Gasteiger partial charge in [0, 0.05) is 31.0 Å². The van der Waals surface area contributed by atoms with Gasteiger partial charge in [-0.15, -0.1) is 0 Å². The standard InChI is InChI=1S/C27H33NO2/c1-16(29)24-12-13-25-22-10-6-18-14-20(30)9-11-21(18)26(22)23(15-27(24,25)2)17-4-7-19(28-3)8-5-17/h4-5,7-8,14,22-25,28H,6,9-13,15H2,1-3H3/t22?,23-,24-,25?,27-/m1/s1. The summed E-state index contributed by atoms with van der Waals surface area (Å²) in [5.74, 6) is 2.37. The predicted octanol–water partition coefficient (Wildman–Crippen LogP) is 5.83. The lowest BCUT2D eigenvalue weighted by atomic mass is 9.51. The summed E-state index contributed by atoms with van der Waals surface area (Å²) in [6.45, 7) is 4.21. The summed E-state index contributed by atoms with van der Waals surface area (Å²) in [5, 5.41) is 3.23. The zero-order chi connectivity index (χ0) is 21.0. The van der Waals surface area contributed by atoms with Crippen LogP contribution in [0.3, 0.4) is 0 Å². The van der Waals surface area contributed by atoms with Crippen LogP contribution >= 0.6 is 0 Å². The first-order valence-corrected chi connectivity index (χ1v) is 11.7. The van der Waals surface area contributed by atoms with Crippen molar-refractivity contribution >= 4 is 17.3 Å². The first-order valence-electron chi connectivity index (χ1n) is 11.7. The molecule has 0 aromatic heterocycles. The Bertz CT molecular complexity index is 954. The van der Waals surface area contributed by atoms with E-state index in [2.05, 4.69) is 36.5 Å². The SMILES string of the molecule is CNc1ccc([C@H]2C[C@@]3(C)C(CC[C@@H]3C(C)=O)C3CCC4=CC(=O)CCC4=C32)cc1. The highest BCUT2D eigenvalue weighted by molar-refractivity contribution is 5.93. The van der Waals surface area contributed by atoms with Crippen molar-refractivity contribution in [1.82, 2.24) is 0 Å². The molecule has 0 spiro atoms. The van der Waals surface area contributed by atoms with E-state index in [4.69, 9.17) is 0 Å². The maximum absolute atomic E-state index is 12.6. The maximum atomic E-state index is 12.6. The van der Waals surface area contributed by atoms with Gasteiger partial charge in [0.25, 0.3) is 0 Å². The van der Waals surface area contributed by atoms with Gasteiger partial charge in [-0.05, 0) is 97.6 Å². The second-order valence-corrected chi connectivity index (χ2v) is 10.2. The molecule has 5 atom stereocenters. The Morgan fingerprint density at radius 1 is 1.07 bits per heavy atom. The van der Waals surface area contributed by atoms with Crippen molar-refractivity contribution in [2.24, 2.45) is 23.2 Å². The Hall–Kier alpha value is -2.16. The minimum atomic E-state index is 0.0820. The third-order valence-electron chi connectivity index (χ3n) is 8.82. The molecule has 5 rings (SSSR count). The van der Waals surface area contributed by atoms with Crippen molar-refractivity contribution < 1.29 is 9.59 Å². The summed E-state index contributed by atoms with van der Waals surface area (Å²) >= 11 is 0. The van der Waals surface area contributed by atoms with Crippen LogP contribution in [0.15, 0.2) is 47.1 Å². The topological polar surface area (TPSA) is 46.2 Å². The number of anilines is 1. The lowest BCUT2D eigenvalue weighted by Gasteiger charge is -2.52. The summed E-state index contributed by atoms with van der Waals surface area (Å²) < 4.78 is 0. The van der Waals surface area contributed by atoms with E-state index in [1.807, 2.05) is 13.1 Å². The number of carbonyl (C=O) groups excluding carboxylic acids is 2. The molecule has 3 heteroatoms. The number of hydrogen-bond acceptors (Lipinski definition) is 3. The van der Waals surface area contributed by atoms with Gasteiger partial charge in [0.2, 0.25) is 0 Å². The van der Waals surface area contributed by atoms with Crippen LogP contribution in [-0.4, -0.2) is 18.6 Å². The van der Waals surface area contributed by atoms with Gasteiger partial charge in [-0.25, -0.2) is 0 Å². The number of hydrogen-bond donors (Lipinski definition) is 1. The number of fused-ring (bicyclic) bond motifs is 4. The van der Waals surface area contributed by atoms with E-state index in [-0.39, 0.29) is 11.3 Å². The van der Waals surface area contributed by atoms with E-state index in [0.717, 1.165) is 37.8 Å². The molecule has 4 aliphatic rings. The van der Waals surface area contributed by atoms with Gasteiger partial charge in [-0.1, -0.05) is 24.6 Å². The van der Waals surface area contributed by atoms with Crippen LogP contribution < -0.4 is 5.32 Å². The molecule has 2 unspecified atom stereocenters. The largest absolute Gasteiger partial charge is 0.388 e. The van der Waals surface area contributed by atoms with E-state index < -0.39 is 0 Å². The molecule has 0 bridgehead atoms. The monoisotopic (exact) mass is 403 g/mol. The third-order valence-corrected chi connectivity index (χ3v) is 8.82. The summed E-state index contributed by atoms with van der Waals surface area (Å²) in [5.41, 5.74) is 6.99. The Labute approximate surface area is 180 Å². The van der Waals surface area contributed by atoms with Crippen molar-refractivity contribution in [3.05, 3.63) is 52.6 Å². The van der Waals surface area contributed by atoms with Crippen LogP contribution in [0, 0.1) is 23.2 Å². The molecule has 2 fully saturated rings. The molecule has 0 heterocycles. The molecule has 30 heavy (non-hydrogen) atoms. The molecule has 0 radical (unpaired) electrons. The molecule has 0 amide bonds. The van der Waals surface area contributed by atoms with E-state index in [0.29, 0.717) is 35.7 Å². The first-order chi connectivity index (χ1) is 14.4. The van der Waals surface area contributed by atoms with E-state index in [1.165, 1.54) is 23.1 Å². The summed E-state index contributed by atoms with van der Waals surface area (Å²) in [6.07, 6.45) is 8.92. The number of nitrogens with one attached hydrogen (secondary N) is 1. The van der Waals surface area contributed by atoms with Crippen molar-refractivity contribution in [2.45, 2.75) is 64.7 Å². The average Bonchev–Trinajstić information content (AvgIpc) is 3.10. The zero-order valence-electron chi connectivity index (χ0n) is 18.5. The fraction of sp³-hybridized carbons (Fsp3) is 0.556. The molecular formula is C27H33NO2. The maximum Gasteiger partial charge on any atom is 0.156 e. The number of rotatable bonds is 3. The molecule has 0 saturated heterocycles. The highest BCUT2D eigenvalue weighted by Gasteiger charge is 2.57. The molecule has 1 aromatic rings. The number of benzene rings is 1. The number of Topliss-reactive ketones (excluding diaryl/α,β-unsaturated/α-hetero) is 1. The summed E-state index contributed by atoms with van der Waals surface area (Å²) in [4.78, 5) is 24.7. The molecule has 4 aliphatic carbocycles. The van der Waals surface area contributed by atoms with Gasteiger partial charge < -0.3 is 5.32 Å². The van der Waals surface area contributed by atoms with Crippen LogP contribution in [0.5, 0.6) is 0 Å². The summed E-state index contributed by atoms with van der Waals surface area (Å²) in [6, 6.07) is 8.89. The van der Waals surface area contributed by atoms with Gasteiger partial charge >= 0.3 is 0 Å². The minimum absolute atomic E-state index is 0.0820. The van der Waals surface area contributed by atoms with Crippen molar-refractivity contribution in [1.29, 1.82) is 0 Å². The molecule has 0 aliphatic heterocycles. The number of carbonyl (C=O) groups is 2. The fourth-order valence-electron chi connectivity index (χ4n) is 7.51. The van der Waals surface area contributed by atoms with Crippen molar-refractivity contribution in [2.75, 3.05) is 12.4 Å². The average molecular weight is 404 g/mol. The minimum Gasteiger partial charge on any atom is -0.388 e. The zero-order valence-corrected chi connectivity index (χ0v) is 18.5. The lowest BCUT2D eigenvalue weighted by molar-refractivity contribution is -0.125. The Morgan fingerprint density at radius 2 is 1.83 bits per heavy atom.